The Labute approximate surface area is 49.9 Å². The van der Waals surface area contributed by atoms with Crippen LogP contribution in [0.15, 0.2) is 23.9 Å². The molecule has 2 N–H and O–H groups in total. The fourth-order valence-corrected chi connectivity index (χ4v) is 0.877. The molecule has 0 aromatic rings. The minimum atomic E-state index is 0.639. The first-order valence-corrected chi connectivity index (χ1v) is 2.92. The summed E-state index contributed by atoms with van der Waals surface area (Å²) in [5.41, 5.74) is 6.54. The summed E-state index contributed by atoms with van der Waals surface area (Å²) in [5, 5.41) is 0. The molecule has 0 aliphatic heterocycles. The summed E-state index contributed by atoms with van der Waals surface area (Å²) in [6.45, 7) is 2.16. The van der Waals surface area contributed by atoms with Crippen molar-refractivity contribution in [2.24, 2.45) is 11.7 Å². The SMILES string of the molecule is CC1C=CC=C(N)C1. The van der Waals surface area contributed by atoms with Gasteiger partial charge in [-0.25, -0.2) is 0 Å². The van der Waals surface area contributed by atoms with E-state index in [1.807, 2.05) is 12.2 Å². The zero-order valence-electron chi connectivity index (χ0n) is 5.09. The van der Waals surface area contributed by atoms with Crippen LogP contribution in [0.1, 0.15) is 13.3 Å². The lowest BCUT2D eigenvalue weighted by molar-refractivity contribution is 0.701. The number of rotatable bonds is 0. The monoisotopic (exact) mass is 109 g/mol. The van der Waals surface area contributed by atoms with Crippen LogP contribution >= 0.6 is 0 Å². The van der Waals surface area contributed by atoms with Gasteiger partial charge in [0.1, 0.15) is 0 Å². The van der Waals surface area contributed by atoms with Crippen molar-refractivity contribution in [2.75, 3.05) is 0 Å². The van der Waals surface area contributed by atoms with Gasteiger partial charge in [0.2, 0.25) is 0 Å². The summed E-state index contributed by atoms with van der Waals surface area (Å²) in [4.78, 5) is 0. The first-order chi connectivity index (χ1) is 3.79. The van der Waals surface area contributed by atoms with E-state index in [1.165, 1.54) is 0 Å². The Kier molecular flexibility index (Phi) is 1.38. The van der Waals surface area contributed by atoms with E-state index < -0.39 is 0 Å². The molecule has 0 bridgehead atoms. The average molecular weight is 109 g/mol. The summed E-state index contributed by atoms with van der Waals surface area (Å²) in [6.07, 6.45) is 7.16. The summed E-state index contributed by atoms with van der Waals surface area (Å²) >= 11 is 0. The maximum Gasteiger partial charge on any atom is 0.00861 e. The Balaban J connectivity index is 2.59. The molecular weight excluding hydrogens is 98.1 g/mol. The van der Waals surface area contributed by atoms with Crippen LogP contribution in [0.25, 0.3) is 0 Å². The molecule has 1 atom stereocenters. The number of hydrogen-bond acceptors (Lipinski definition) is 1. The van der Waals surface area contributed by atoms with E-state index in [4.69, 9.17) is 5.73 Å². The molecule has 0 heterocycles. The van der Waals surface area contributed by atoms with Gasteiger partial charge in [0.15, 0.2) is 0 Å². The Morgan fingerprint density at radius 1 is 1.75 bits per heavy atom. The molecule has 0 radical (unpaired) electrons. The number of hydrogen-bond donors (Lipinski definition) is 1. The van der Waals surface area contributed by atoms with Gasteiger partial charge in [0, 0.05) is 5.70 Å². The second-order valence-electron chi connectivity index (χ2n) is 2.31. The Morgan fingerprint density at radius 3 is 2.88 bits per heavy atom. The molecule has 0 saturated carbocycles. The van der Waals surface area contributed by atoms with Gasteiger partial charge in [-0.3, -0.25) is 0 Å². The summed E-state index contributed by atoms with van der Waals surface area (Å²) in [6, 6.07) is 0. The fraction of sp³-hybridized carbons (Fsp3) is 0.429. The molecule has 1 heteroatoms. The summed E-state index contributed by atoms with van der Waals surface area (Å²) in [5.74, 6) is 0.639. The Bertz CT molecular complexity index is 133. The van der Waals surface area contributed by atoms with Crippen LogP contribution < -0.4 is 5.73 Å². The lowest BCUT2D eigenvalue weighted by Crippen LogP contribution is -2.04. The van der Waals surface area contributed by atoms with Crippen molar-refractivity contribution < 1.29 is 0 Å². The van der Waals surface area contributed by atoms with Crippen LogP contribution in [0.4, 0.5) is 0 Å². The van der Waals surface area contributed by atoms with Gasteiger partial charge in [0.25, 0.3) is 0 Å². The molecule has 0 fully saturated rings. The average Bonchev–Trinajstić information content (AvgIpc) is 1.64. The number of allylic oxidation sites excluding steroid dienone is 4. The fourth-order valence-electron chi connectivity index (χ4n) is 0.877. The number of nitrogens with two attached hydrogens (primary N) is 1. The van der Waals surface area contributed by atoms with E-state index in [0.29, 0.717) is 5.92 Å². The van der Waals surface area contributed by atoms with Crippen molar-refractivity contribution in [3.8, 4) is 0 Å². The highest BCUT2D eigenvalue weighted by Gasteiger charge is 2.00. The maximum atomic E-state index is 5.54. The van der Waals surface area contributed by atoms with Crippen LogP contribution in [0, 0.1) is 5.92 Å². The molecule has 0 aromatic heterocycles. The van der Waals surface area contributed by atoms with E-state index in [-0.39, 0.29) is 0 Å². The van der Waals surface area contributed by atoms with Gasteiger partial charge in [-0.1, -0.05) is 19.1 Å². The summed E-state index contributed by atoms with van der Waals surface area (Å²) < 4.78 is 0. The molecule has 44 valence electrons. The second-order valence-corrected chi connectivity index (χ2v) is 2.31. The van der Waals surface area contributed by atoms with Crippen molar-refractivity contribution in [2.45, 2.75) is 13.3 Å². The normalized spacial score (nSPS) is 27.6. The van der Waals surface area contributed by atoms with E-state index in [2.05, 4.69) is 13.0 Å². The topological polar surface area (TPSA) is 26.0 Å². The molecule has 0 aromatic carbocycles. The van der Waals surface area contributed by atoms with E-state index in [0.717, 1.165) is 12.1 Å². The van der Waals surface area contributed by atoms with Gasteiger partial charge in [-0.15, -0.1) is 0 Å². The van der Waals surface area contributed by atoms with E-state index in [1.54, 1.807) is 0 Å². The molecule has 0 spiro atoms. The third kappa shape index (κ3) is 1.12. The highest BCUT2D eigenvalue weighted by Crippen LogP contribution is 2.12. The molecule has 1 unspecified atom stereocenters. The minimum absolute atomic E-state index is 0.639. The van der Waals surface area contributed by atoms with Crippen LogP contribution in [0.3, 0.4) is 0 Å². The highest BCUT2D eigenvalue weighted by molar-refractivity contribution is 5.16. The molecule has 1 nitrogen and oxygen atoms in total. The largest absolute Gasteiger partial charge is 0.402 e. The van der Waals surface area contributed by atoms with Gasteiger partial charge < -0.3 is 5.73 Å². The summed E-state index contributed by atoms with van der Waals surface area (Å²) in [7, 11) is 0. The Morgan fingerprint density at radius 2 is 2.50 bits per heavy atom. The molecular formula is C7H11N. The molecule has 0 amide bonds. The molecule has 1 aliphatic carbocycles. The zero-order valence-corrected chi connectivity index (χ0v) is 5.09. The van der Waals surface area contributed by atoms with Gasteiger partial charge in [-0.05, 0) is 18.4 Å². The van der Waals surface area contributed by atoms with Gasteiger partial charge in [-0.2, -0.15) is 0 Å². The van der Waals surface area contributed by atoms with Gasteiger partial charge in [0.05, 0.1) is 0 Å². The lowest BCUT2D eigenvalue weighted by Gasteiger charge is -2.08. The third-order valence-electron chi connectivity index (χ3n) is 1.31. The Hall–Kier alpha value is -0.720. The molecule has 1 aliphatic rings. The second kappa shape index (κ2) is 2.03. The predicted octanol–water partition coefficient (Wildman–Crippen LogP) is 1.43. The van der Waals surface area contributed by atoms with E-state index in [9.17, 15) is 0 Å². The van der Waals surface area contributed by atoms with Crippen molar-refractivity contribution in [1.82, 2.24) is 0 Å². The first kappa shape index (κ1) is 5.42. The molecule has 8 heavy (non-hydrogen) atoms. The van der Waals surface area contributed by atoms with Crippen molar-refractivity contribution in [3.63, 3.8) is 0 Å². The smallest absolute Gasteiger partial charge is 0.00861 e. The van der Waals surface area contributed by atoms with Crippen molar-refractivity contribution in [1.29, 1.82) is 0 Å². The predicted molar refractivity (Wildman–Crippen MR) is 35.2 cm³/mol. The van der Waals surface area contributed by atoms with Crippen LogP contribution in [0.5, 0.6) is 0 Å². The lowest BCUT2D eigenvalue weighted by atomic mass is 10.0. The highest BCUT2D eigenvalue weighted by atomic mass is 14.6. The first-order valence-electron chi connectivity index (χ1n) is 2.92. The maximum absolute atomic E-state index is 5.54. The quantitative estimate of drug-likeness (QED) is 0.500. The third-order valence-corrected chi connectivity index (χ3v) is 1.31. The molecule has 0 saturated heterocycles. The van der Waals surface area contributed by atoms with Crippen molar-refractivity contribution >= 4 is 0 Å². The van der Waals surface area contributed by atoms with Crippen LogP contribution in [0.2, 0.25) is 0 Å². The van der Waals surface area contributed by atoms with Crippen molar-refractivity contribution in [3.05, 3.63) is 23.9 Å². The van der Waals surface area contributed by atoms with Crippen LogP contribution in [-0.2, 0) is 0 Å². The zero-order chi connectivity index (χ0) is 5.98. The van der Waals surface area contributed by atoms with Gasteiger partial charge >= 0.3 is 0 Å². The minimum Gasteiger partial charge on any atom is -0.402 e. The van der Waals surface area contributed by atoms with E-state index >= 15 is 0 Å². The van der Waals surface area contributed by atoms with Crippen LogP contribution in [-0.4, -0.2) is 0 Å². The standard InChI is InChI=1S/C7H11N/c1-6-3-2-4-7(8)5-6/h2-4,6H,5,8H2,1H3. The molecule has 1 rings (SSSR count).